The van der Waals surface area contributed by atoms with Crippen molar-refractivity contribution in [3.63, 3.8) is 0 Å². The second-order valence-electron chi connectivity index (χ2n) is 4.68. The summed E-state index contributed by atoms with van der Waals surface area (Å²) in [5.41, 5.74) is 2.25. The van der Waals surface area contributed by atoms with E-state index in [1.54, 1.807) is 13.3 Å². The van der Waals surface area contributed by atoms with Gasteiger partial charge >= 0.3 is 0 Å². The second-order valence-corrected chi connectivity index (χ2v) is 4.68. The Bertz CT molecular complexity index is 521. The summed E-state index contributed by atoms with van der Waals surface area (Å²) in [5.74, 6) is 2.00. The number of hydrogen-bond acceptors (Lipinski definition) is 3. The van der Waals surface area contributed by atoms with Crippen LogP contribution in [0.3, 0.4) is 0 Å². The van der Waals surface area contributed by atoms with Crippen LogP contribution in [0.2, 0.25) is 0 Å². The van der Waals surface area contributed by atoms with E-state index in [9.17, 15) is 0 Å². The average molecular weight is 257 g/mol. The minimum atomic E-state index is 0.456. The molecule has 0 aliphatic rings. The fourth-order valence-electron chi connectivity index (χ4n) is 1.83. The molecule has 0 amide bonds. The highest BCUT2D eigenvalue weighted by atomic mass is 16.5. The molecule has 100 valence electrons. The number of benzene rings is 1. The van der Waals surface area contributed by atoms with Gasteiger partial charge in [-0.15, -0.1) is 0 Å². The number of ether oxygens (including phenoxy) is 2. The summed E-state index contributed by atoms with van der Waals surface area (Å²) in [7, 11) is 1.61. The van der Waals surface area contributed by atoms with Gasteiger partial charge in [0.15, 0.2) is 0 Å². The molecule has 3 heteroatoms. The fourth-order valence-corrected chi connectivity index (χ4v) is 1.83. The van der Waals surface area contributed by atoms with Crippen molar-refractivity contribution in [2.75, 3.05) is 7.11 Å². The van der Waals surface area contributed by atoms with Gasteiger partial charge in [0.05, 0.1) is 12.7 Å². The van der Waals surface area contributed by atoms with Gasteiger partial charge in [-0.3, -0.25) is 0 Å². The van der Waals surface area contributed by atoms with Crippen LogP contribution in [0.4, 0.5) is 0 Å². The van der Waals surface area contributed by atoms with Crippen LogP contribution < -0.4 is 9.47 Å². The van der Waals surface area contributed by atoms with Crippen molar-refractivity contribution in [1.82, 2.24) is 4.98 Å². The molecule has 0 N–H and O–H groups in total. The lowest BCUT2D eigenvalue weighted by atomic mass is 10.0. The quantitative estimate of drug-likeness (QED) is 0.816. The monoisotopic (exact) mass is 257 g/mol. The van der Waals surface area contributed by atoms with Crippen molar-refractivity contribution in [2.45, 2.75) is 26.4 Å². The fraction of sp³-hybridized carbons (Fsp3) is 0.312. The molecule has 2 rings (SSSR count). The lowest BCUT2D eigenvalue weighted by molar-refractivity contribution is 0.294. The molecule has 1 aromatic carbocycles. The molecule has 0 spiro atoms. The molecule has 0 radical (unpaired) electrons. The normalized spacial score (nSPS) is 10.5. The molecule has 0 saturated carbocycles. The van der Waals surface area contributed by atoms with E-state index in [1.165, 1.54) is 5.56 Å². The third-order valence-electron chi connectivity index (χ3n) is 2.98. The Labute approximate surface area is 114 Å². The van der Waals surface area contributed by atoms with Crippen LogP contribution in [0.5, 0.6) is 11.6 Å². The number of hydrogen-bond donors (Lipinski definition) is 0. The van der Waals surface area contributed by atoms with Gasteiger partial charge in [-0.2, -0.15) is 0 Å². The number of methoxy groups -OCH3 is 1. The summed E-state index contributed by atoms with van der Waals surface area (Å²) in [6, 6.07) is 12.0. The summed E-state index contributed by atoms with van der Waals surface area (Å²) >= 11 is 0. The van der Waals surface area contributed by atoms with Gasteiger partial charge in [-0.05, 0) is 35.7 Å². The van der Waals surface area contributed by atoms with Crippen molar-refractivity contribution in [2.24, 2.45) is 0 Å². The van der Waals surface area contributed by atoms with Gasteiger partial charge in [-0.1, -0.05) is 26.0 Å². The highest BCUT2D eigenvalue weighted by Crippen LogP contribution is 2.21. The molecule has 0 aliphatic heterocycles. The van der Waals surface area contributed by atoms with Crippen LogP contribution in [0.25, 0.3) is 0 Å². The van der Waals surface area contributed by atoms with E-state index in [-0.39, 0.29) is 0 Å². The standard InChI is InChI=1S/C16H19NO2/c1-12(2)13-6-8-15(9-7-13)19-11-14-5-4-10-17-16(14)18-3/h4-10,12H,11H2,1-3H3. The summed E-state index contributed by atoms with van der Waals surface area (Å²) < 4.78 is 10.9. The molecular weight excluding hydrogens is 238 g/mol. The first kappa shape index (κ1) is 13.4. The summed E-state index contributed by atoms with van der Waals surface area (Å²) in [5, 5.41) is 0. The Morgan fingerprint density at radius 3 is 2.47 bits per heavy atom. The maximum absolute atomic E-state index is 5.75. The summed E-state index contributed by atoms with van der Waals surface area (Å²) in [6.45, 7) is 4.81. The van der Waals surface area contributed by atoms with Crippen molar-refractivity contribution >= 4 is 0 Å². The summed E-state index contributed by atoms with van der Waals surface area (Å²) in [6.07, 6.45) is 1.71. The Hall–Kier alpha value is -2.03. The van der Waals surface area contributed by atoms with Crippen molar-refractivity contribution < 1.29 is 9.47 Å². The van der Waals surface area contributed by atoms with Gasteiger partial charge in [-0.25, -0.2) is 4.98 Å². The minimum absolute atomic E-state index is 0.456. The first-order valence-corrected chi connectivity index (χ1v) is 6.41. The van der Waals surface area contributed by atoms with Gasteiger partial charge < -0.3 is 9.47 Å². The maximum atomic E-state index is 5.75. The molecule has 0 saturated heterocycles. The number of aromatic nitrogens is 1. The molecule has 2 aromatic rings. The lowest BCUT2D eigenvalue weighted by Crippen LogP contribution is -2.00. The van der Waals surface area contributed by atoms with Crippen LogP contribution in [0.15, 0.2) is 42.6 Å². The highest BCUT2D eigenvalue weighted by Gasteiger charge is 2.04. The van der Waals surface area contributed by atoms with Crippen molar-refractivity contribution in [3.8, 4) is 11.6 Å². The molecule has 1 aromatic heterocycles. The molecule has 0 bridgehead atoms. The molecule has 0 aliphatic carbocycles. The highest BCUT2D eigenvalue weighted by molar-refractivity contribution is 5.30. The zero-order valence-electron chi connectivity index (χ0n) is 11.6. The van der Waals surface area contributed by atoms with Crippen LogP contribution in [0.1, 0.15) is 30.9 Å². The van der Waals surface area contributed by atoms with E-state index in [0.717, 1.165) is 11.3 Å². The maximum Gasteiger partial charge on any atom is 0.219 e. The largest absolute Gasteiger partial charge is 0.489 e. The first-order chi connectivity index (χ1) is 9.20. The van der Waals surface area contributed by atoms with Crippen LogP contribution in [0, 0.1) is 0 Å². The van der Waals surface area contributed by atoms with E-state index in [0.29, 0.717) is 18.4 Å². The number of pyridine rings is 1. The van der Waals surface area contributed by atoms with Crippen molar-refractivity contribution in [1.29, 1.82) is 0 Å². The zero-order chi connectivity index (χ0) is 13.7. The molecule has 0 atom stereocenters. The average Bonchev–Trinajstić information content (AvgIpc) is 2.45. The lowest BCUT2D eigenvalue weighted by Gasteiger charge is -2.10. The smallest absolute Gasteiger partial charge is 0.219 e. The van der Waals surface area contributed by atoms with Crippen molar-refractivity contribution in [3.05, 3.63) is 53.7 Å². The van der Waals surface area contributed by atoms with Gasteiger partial charge in [0.25, 0.3) is 0 Å². The van der Waals surface area contributed by atoms with Crippen LogP contribution in [-0.2, 0) is 6.61 Å². The van der Waals surface area contributed by atoms with E-state index in [2.05, 4.69) is 31.0 Å². The Morgan fingerprint density at radius 2 is 1.84 bits per heavy atom. The van der Waals surface area contributed by atoms with Gasteiger partial charge in [0, 0.05) is 6.20 Å². The molecule has 0 unspecified atom stereocenters. The first-order valence-electron chi connectivity index (χ1n) is 6.41. The second kappa shape index (κ2) is 6.23. The van der Waals surface area contributed by atoms with Gasteiger partial charge in [0.1, 0.15) is 12.4 Å². The van der Waals surface area contributed by atoms with E-state index >= 15 is 0 Å². The molecule has 1 heterocycles. The third kappa shape index (κ3) is 3.47. The van der Waals surface area contributed by atoms with Gasteiger partial charge in [0.2, 0.25) is 5.88 Å². The zero-order valence-corrected chi connectivity index (χ0v) is 11.6. The predicted molar refractivity (Wildman–Crippen MR) is 75.7 cm³/mol. The molecular formula is C16H19NO2. The van der Waals surface area contributed by atoms with E-state index < -0.39 is 0 Å². The topological polar surface area (TPSA) is 31.4 Å². The molecule has 3 nitrogen and oxygen atoms in total. The van der Waals surface area contributed by atoms with Crippen LogP contribution >= 0.6 is 0 Å². The van der Waals surface area contributed by atoms with E-state index in [4.69, 9.17) is 9.47 Å². The summed E-state index contributed by atoms with van der Waals surface area (Å²) in [4.78, 5) is 4.14. The Kier molecular flexibility index (Phi) is 4.39. The predicted octanol–water partition coefficient (Wildman–Crippen LogP) is 3.79. The molecule has 0 fully saturated rings. The number of rotatable bonds is 5. The molecule has 19 heavy (non-hydrogen) atoms. The SMILES string of the molecule is COc1ncccc1COc1ccc(C(C)C)cc1. The van der Waals surface area contributed by atoms with E-state index in [1.807, 2.05) is 24.3 Å². The Morgan fingerprint density at radius 1 is 1.11 bits per heavy atom. The number of nitrogens with zero attached hydrogens (tertiary/aromatic N) is 1. The van der Waals surface area contributed by atoms with Crippen LogP contribution in [-0.4, -0.2) is 12.1 Å². The third-order valence-corrected chi connectivity index (χ3v) is 2.98. The Balaban J connectivity index is 2.02. The minimum Gasteiger partial charge on any atom is -0.489 e.